The van der Waals surface area contributed by atoms with Crippen molar-refractivity contribution >= 4 is 45.6 Å². The number of hydrogen-bond acceptors (Lipinski definition) is 7. The van der Waals surface area contributed by atoms with Crippen LogP contribution in [-0.4, -0.2) is 37.8 Å². The summed E-state index contributed by atoms with van der Waals surface area (Å²) in [5.41, 5.74) is 2.95. The van der Waals surface area contributed by atoms with E-state index in [4.69, 9.17) is 14.1 Å². The molecular formula is C38H44N4O5S. The fourth-order valence-electron chi connectivity index (χ4n) is 6.61. The fraction of sp³-hybridized carbons (Fsp3) is 0.421. The summed E-state index contributed by atoms with van der Waals surface area (Å²) in [7, 11) is 1.86. The molecule has 1 aliphatic carbocycles. The maximum Gasteiger partial charge on any atom is 0.311 e. The normalized spacial score (nSPS) is 13.7. The zero-order valence-electron chi connectivity index (χ0n) is 27.8. The van der Waals surface area contributed by atoms with Crippen LogP contribution in [-0.2, 0) is 16.6 Å². The van der Waals surface area contributed by atoms with Crippen LogP contribution in [0.3, 0.4) is 0 Å². The average Bonchev–Trinajstić information content (AvgIpc) is 3.73. The predicted molar refractivity (Wildman–Crippen MR) is 191 cm³/mol. The van der Waals surface area contributed by atoms with Crippen LogP contribution in [0, 0.1) is 0 Å². The molecule has 9 nitrogen and oxygen atoms in total. The van der Waals surface area contributed by atoms with E-state index in [-0.39, 0.29) is 29.2 Å². The van der Waals surface area contributed by atoms with Crippen molar-refractivity contribution in [3.8, 4) is 22.8 Å². The largest absolute Gasteiger partial charge is 0.464 e. The van der Waals surface area contributed by atoms with Gasteiger partial charge in [-0.2, -0.15) is 0 Å². The Morgan fingerprint density at radius 2 is 1.81 bits per heavy atom. The van der Waals surface area contributed by atoms with E-state index in [0.717, 1.165) is 67.2 Å². The topological polar surface area (TPSA) is 108 Å². The average molecular weight is 669 g/mol. The van der Waals surface area contributed by atoms with Gasteiger partial charge in [-0.05, 0) is 61.7 Å². The number of amides is 1. The summed E-state index contributed by atoms with van der Waals surface area (Å²) in [5.74, 6) is 0.825. The number of aromatic nitrogens is 3. The van der Waals surface area contributed by atoms with E-state index in [1.54, 1.807) is 30.5 Å². The van der Waals surface area contributed by atoms with Gasteiger partial charge < -0.3 is 19.0 Å². The highest BCUT2D eigenvalue weighted by molar-refractivity contribution is 7.99. The Hall–Kier alpha value is -4.31. The second kappa shape index (κ2) is 15.7. The van der Waals surface area contributed by atoms with Gasteiger partial charge in [0.15, 0.2) is 5.16 Å². The molecule has 1 saturated carbocycles. The molecule has 1 fully saturated rings. The van der Waals surface area contributed by atoms with Crippen LogP contribution >= 0.6 is 11.8 Å². The minimum Gasteiger partial charge on any atom is -0.464 e. The van der Waals surface area contributed by atoms with Crippen LogP contribution in [0.1, 0.15) is 84.0 Å². The fourth-order valence-corrected chi connectivity index (χ4v) is 7.42. The van der Waals surface area contributed by atoms with Crippen LogP contribution < -0.4 is 15.6 Å². The summed E-state index contributed by atoms with van der Waals surface area (Å²) < 4.78 is 14.7. The number of benzene rings is 2. The molecule has 0 saturated heterocycles. The van der Waals surface area contributed by atoms with Crippen molar-refractivity contribution in [2.75, 3.05) is 5.75 Å². The third-order valence-corrected chi connectivity index (χ3v) is 10.1. The zero-order valence-corrected chi connectivity index (χ0v) is 28.7. The molecule has 1 aliphatic rings. The number of fused-ring (bicyclic) bond motifs is 3. The highest BCUT2D eigenvalue weighted by Crippen LogP contribution is 2.32. The number of hydrogen-bond donors (Lipinski definition) is 1. The molecule has 0 aliphatic heterocycles. The molecule has 0 radical (unpaired) electrons. The van der Waals surface area contributed by atoms with Crippen molar-refractivity contribution in [3.05, 3.63) is 71.2 Å². The SMILES string of the molecule is CCCCCCCCC(=O)Oc1cccc(-n2c(SCC(=O)NC3CCCCC3)nc3c4cc(-c5ccco5)ccc4n(C)c3c2=O)c1. The first-order chi connectivity index (χ1) is 23.4. The number of aryl methyl sites for hydroxylation is 1. The molecule has 48 heavy (non-hydrogen) atoms. The van der Waals surface area contributed by atoms with Crippen molar-refractivity contribution in [2.24, 2.45) is 7.05 Å². The number of nitrogens with zero attached hydrogens (tertiary/aromatic N) is 3. The van der Waals surface area contributed by atoms with E-state index < -0.39 is 0 Å². The number of carbonyl (C=O) groups is 2. The van der Waals surface area contributed by atoms with Gasteiger partial charge >= 0.3 is 5.97 Å². The van der Waals surface area contributed by atoms with E-state index >= 15 is 0 Å². The number of esters is 1. The van der Waals surface area contributed by atoms with Crippen molar-refractivity contribution in [1.29, 1.82) is 0 Å². The number of nitrogens with one attached hydrogen (secondary N) is 1. The number of thioether (sulfide) groups is 1. The zero-order chi connectivity index (χ0) is 33.5. The Morgan fingerprint density at radius 3 is 2.60 bits per heavy atom. The first-order valence-electron chi connectivity index (χ1n) is 17.2. The summed E-state index contributed by atoms with van der Waals surface area (Å²) in [6.45, 7) is 2.19. The van der Waals surface area contributed by atoms with Gasteiger partial charge in [-0.15, -0.1) is 0 Å². The molecular weight excluding hydrogens is 625 g/mol. The van der Waals surface area contributed by atoms with Crippen LogP contribution in [0.25, 0.3) is 38.9 Å². The van der Waals surface area contributed by atoms with Gasteiger partial charge in [0.05, 0.1) is 23.2 Å². The van der Waals surface area contributed by atoms with E-state index in [0.29, 0.717) is 34.0 Å². The van der Waals surface area contributed by atoms with Gasteiger partial charge in [0, 0.05) is 36.5 Å². The summed E-state index contributed by atoms with van der Waals surface area (Å²) in [5, 5.41) is 4.37. The maximum absolute atomic E-state index is 14.5. The first kappa shape index (κ1) is 33.6. The molecule has 252 valence electrons. The Labute approximate surface area is 285 Å². The van der Waals surface area contributed by atoms with E-state index in [1.807, 2.05) is 41.9 Å². The van der Waals surface area contributed by atoms with Crippen molar-refractivity contribution in [1.82, 2.24) is 19.4 Å². The van der Waals surface area contributed by atoms with Gasteiger partial charge in [0.25, 0.3) is 5.56 Å². The highest BCUT2D eigenvalue weighted by atomic mass is 32.2. The second-order valence-corrected chi connectivity index (χ2v) is 13.6. The van der Waals surface area contributed by atoms with Crippen molar-refractivity contribution in [3.63, 3.8) is 0 Å². The summed E-state index contributed by atoms with van der Waals surface area (Å²) in [6, 6.07) is 16.8. The van der Waals surface area contributed by atoms with Crippen LogP contribution in [0.5, 0.6) is 5.75 Å². The molecule has 6 rings (SSSR count). The lowest BCUT2D eigenvalue weighted by atomic mass is 9.95. The molecule has 5 aromatic rings. The molecule has 0 bridgehead atoms. The Balaban J connectivity index is 1.33. The smallest absolute Gasteiger partial charge is 0.311 e. The van der Waals surface area contributed by atoms with Gasteiger partial charge in [0.2, 0.25) is 5.91 Å². The number of rotatable bonds is 14. The third kappa shape index (κ3) is 7.70. The van der Waals surface area contributed by atoms with Crippen LogP contribution in [0.4, 0.5) is 0 Å². The van der Waals surface area contributed by atoms with Gasteiger partial charge in [0.1, 0.15) is 22.5 Å². The molecule has 0 atom stereocenters. The standard InChI is InChI=1S/C38H44N4O5S/c1-3-4-5-6-7-11-19-34(44)47-29-17-12-16-28(24-29)42-37(45)36-35(40-38(42)48-25-33(43)39-27-14-9-8-10-15-27)30-23-26(32-18-13-22-46-32)20-21-31(30)41(36)2/h12-13,16-18,20-24,27H,3-11,14-15,19,25H2,1-2H3,(H,39,43). The molecule has 3 heterocycles. The molecule has 1 N–H and O–H groups in total. The van der Waals surface area contributed by atoms with Gasteiger partial charge in [-0.1, -0.05) is 76.1 Å². The van der Waals surface area contributed by atoms with E-state index in [2.05, 4.69) is 12.2 Å². The lowest BCUT2D eigenvalue weighted by Crippen LogP contribution is -2.37. The number of carbonyl (C=O) groups excluding carboxylic acids is 2. The molecule has 2 aromatic carbocycles. The summed E-state index contributed by atoms with van der Waals surface area (Å²) >= 11 is 1.23. The van der Waals surface area contributed by atoms with Gasteiger partial charge in [-0.25, -0.2) is 4.98 Å². The summed E-state index contributed by atoms with van der Waals surface area (Å²) in [6.07, 6.45) is 13.9. The molecule has 0 spiro atoms. The van der Waals surface area contributed by atoms with Crippen LogP contribution in [0.2, 0.25) is 0 Å². The quantitative estimate of drug-likeness (QED) is 0.0417. The monoisotopic (exact) mass is 668 g/mol. The maximum atomic E-state index is 14.5. The first-order valence-corrected chi connectivity index (χ1v) is 18.2. The van der Waals surface area contributed by atoms with Gasteiger partial charge in [-0.3, -0.25) is 19.0 Å². The Kier molecular flexibility index (Phi) is 11.0. The second-order valence-electron chi connectivity index (χ2n) is 12.7. The Bertz CT molecular complexity index is 1940. The highest BCUT2D eigenvalue weighted by Gasteiger charge is 2.22. The lowest BCUT2D eigenvalue weighted by Gasteiger charge is -2.22. The molecule has 0 unspecified atom stereocenters. The molecule has 1 amide bonds. The molecule has 3 aromatic heterocycles. The van der Waals surface area contributed by atoms with Crippen molar-refractivity contribution in [2.45, 2.75) is 95.2 Å². The third-order valence-electron chi connectivity index (χ3n) is 9.13. The minimum absolute atomic E-state index is 0.0804. The minimum atomic E-state index is -0.293. The molecule has 10 heteroatoms. The summed E-state index contributed by atoms with van der Waals surface area (Å²) in [4.78, 5) is 45.3. The van der Waals surface area contributed by atoms with E-state index in [9.17, 15) is 14.4 Å². The Morgan fingerprint density at radius 1 is 1.00 bits per heavy atom. The number of ether oxygens (including phenoxy) is 1. The predicted octanol–water partition coefficient (Wildman–Crippen LogP) is 8.33. The number of unbranched alkanes of at least 4 members (excludes halogenated alkanes) is 5. The number of furan rings is 1. The van der Waals surface area contributed by atoms with Crippen LogP contribution in [0.15, 0.2) is 75.2 Å². The lowest BCUT2D eigenvalue weighted by molar-refractivity contribution is -0.134. The van der Waals surface area contributed by atoms with Crippen molar-refractivity contribution < 1.29 is 18.7 Å². The van der Waals surface area contributed by atoms with E-state index in [1.165, 1.54) is 42.0 Å².